The average Bonchev–Trinajstić information content (AvgIpc) is 3.07. The number of rotatable bonds is 4. The van der Waals surface area contributed by atoms with E-state index in [0.29, 0.717) is 6.42 Å². The van der Waals surface area contributed by atoms with Crippen molar-refractivity contribution in [3.63, 3.8) is 0 Å². The minimum atomic E-state index is -0.154. The van der Waals surface area contributed by atoms with Gasteiger partial charge in [-0.05, 0) is 63.1 Å². The molecule has 3 aromatic rings. The summed E-state index contributed by atoms with van der Waals surface area (Å²) >= 11 is 0. The maximum absolute atomic E-state index is 12.3. The summed E-state index contributed by atoms with van der Waals surface area (Å²) in [6, 6.07) is 7.72. The summed E-state index contributed by atoms with van der Waals surface area (Å²) in [6.07, 6.45) is 1.96. The summed E-state index contributed by atoms with van der Waals surface area (Å²) in [5.74, 6) is 1.56. The highest BCUT2D eigenvalue weighted by molar-refractivity contribution is 5.88. The number of hydrogen-bond acceptors (Lipinski definition) is 3. The highest BCUT2D eigenvalue weighted by Crippen LogP contribution is 2.25. The summed E-state index contributed by atoms with van der Waals surface area (Å²) in [5.41, 5.74) is 4.11. The monoisotopic (exact) mass is 311 g/mol. The minimum Gasteiger partial charge on any atom is -0.464 e. The first kappa shape index (κ1) is 15.4. The molecule has 0 aliphatic carbocycles. The summed E-state index contributed by atoms with van der Waals surface area (Å²) < 4.78 is 11.1. The summed E-state index contributed by atoms with van der Waals surface area (Å²) in [6.45, 7) is 7.92. The van der Waals surface area contributed by atoms with Crippen molar-refractivity contribution in [3.05, 3.63) is 58.7 Å². The Morgan fingerprint density at radius 2 is 1.91 bits per heavy atom. The van der Waals surface area contributed by atoms with Gasteiger partial charge in [0.05, 0.1) is 18.7 Å². The van der Waals surface area contributed by atoms with Crippen molar-refractivity contribution in [1.29, 1.82) is 0 Å². The Balaban J connectivity index is 1.74. The molecule has 2 heterocycles. The number of amides is 1. The van der Waals surface area contributed by atoms with E-state index in [4.69, 9.17) is 8.83 Å². The highest BCUT2D eigenvalue weighted by Gasteiger charge is 2.15. The van der Waals surface area contributed by atoms with Crippen LogP contribution in [0.5, 0.6) is 0 Å². The number of aryl methyl sites for hydroxylation is 3. The second-order valence-electron chi connectivity index (χ2n) is 6.11. The fourth-order valence-corrected chi connectivity index (χ4v) is 2.70. The molecule has 0 saturated heterocycles. The van der Waals surface area contributed by atoms with Gasteiger partial charge in [-0.25, -0.2) is 0 Å². The van der Waals surface area contributed by atoms with Crippen LogP contribution in [-0.4, -0.2) is 5.91 Å². The van der Waals surface area contributed by atoms with Crippen LogP contribution in [0.2, 0.25) is 0 Å². The van der Waals surface area contributed by atoms with Gasteiger partial charge in [0, 0.05) is 10.9 Å². The third-order valence-corrected chi connectivity index (χ3v) is 4.19. The van der Waals surface area contributed by atoms with E-state index in [1.54, 1.807) is 6.26 Å². The fraction of sp³-hybridized carbons (Fsp3) is 0.316. The topological polar surface area (TPSA) is 55.4 Å². The van der Waals surface area contributed by atoms with Crippen LogP contribution in [0.25, 0.3) is 11.0 Å². The summed E-state index contributed by atoms with van der Waals surface area (Å²) in [5, 5.41) is 3.97. The van der Waals surface area contributed by atoms with Crippen LogP contribution in [0, 0.1) is 20.8 Å². The zero-order valence-corrected chi connectivity index (χ0v) is 13.9. The van der Waals surface area contributed by atoms with E-state index in [0.717, 1.165) is 28.1 Å². The molecule has 4 nitrogen and oxygen atoms in total. The van der Waals surface area contributed by atoms with Gasteiger partial charge in [-0.3, -0.25) is 4.79 Å². The molecule has 2 aromatic heterocycles. The van der Waals surface area contributed by atoms with Gasteiger partial charge in [-0.2, -0.15) is 0 Å². The molecule has 0 fully saturated rings. The van der Waals surface area contributed by atoms with Gasteiger partial charge in [-0.15, -0.1) is 0 Å². The number of furan rings is 2. The Bertz CT molecular complexity index is 857. The van der Waals surface area contributed by atoms with E-state index in [-0.39, 0.29) is 11.9 Å². The molecule has 0 aliphatic heterocycles. The molecular weight excluding hydrogens is 290 g/mol. The smallest absolute Gasteiger partial charge is 0.225 e. The van der Waals surface area contributed by atoms with E-state index >= 15 is 0 Å². The lowest BCUT2D eigenvalue weighted by Gasteiger charge is -2.11. The molecule has 0 spiro atoms. The van der Waals surface area contributed by atoms with Gasteiger partial charge in [-0.1, -0.05) is 0 Å². The molecular formula is C19H21NO3. The normalized spacial score (nSPS) is 12.5. The molecule has 0 bridgehead atoms. The van der Waals surface area contributed by atoms with Crippen LogP contribution < -0.4 is 5.32 Å². The summed E-state index contributed by atoms with van der Waals surface area (Å²) in [4.78, 5) is 12.3. The van der Waals surface area contributed by atoms with Crippen molar-refractivity contribution in [2.24, 2.45) is 0 Å². The first-order valence-electron chi connectivity index (χ1n) is 7.77. The Morgan fingerprint density at radius 1 is 1.17 bits per heavy atom. The first-order chi connectivity index (χ1) is 10.9. The van der Waals surface area contributed by atoms with Gasteiger partial charge < -0.3 is 14.2 Å². The Morgan fingerprint density at radius 3 is 2.61 bits per heavy atom. The van der Waals surface area contributed by atoms with Crippen molar-refractivity contribution in [2.45, 2.75) is 40.2 Å². The lowest BCUT2D eigenvalue weighted by Crippen LogP contribution is -2.27. The Labute approximate surface area is 135 Å². The SMILES string of the molecule is Cc1ccc(C(C)NC(=O)Cc2coc3cc(C)c(C)cc23)o1. The molecule has 0 radical (unpaired) electrons. The Hall–Kier alpha value is -2.49. The van der Waals surface area contributed by atoms with Crippen LogP contribution >= 0.6 is 0 Å². The van der Waals surface area contributed by atoms with E-state index < -0.39 is 0 Å². The maximum Gasteiger partial charge on any atom is 0.225 e. The number of fused-ring (bicyclic) bond motifs is 1. The van der Waals surface area contributed by atoms with Crippen molar-refractivity contribution in [3.8, 4) is 0 Å². The number of hydrogen-bond donors (Lipinski definition) is 1. The highest BCUT2D eigenvalue weighted by atomic mass is 16.3. The van der Waals surface area contributed by atoms with Crippen LogP contribution in [0.3, 0.4) is 0 Å². The third-order valence-electron chi connectivity index (χ3n) is 4.19. The molecule has 0 aliphatic rings. The molecule has 1 N–H and O–H groups in total. The van der Waals surface area contributed by atoms with Crippen LogP contribution in [-0.2, 0) is 11.2 Å². The maximum atomic E-state index is 12.3. The van der Waals surface area contributed by atoms with Crippen molar-refractivity contribution < 1.29 is 13.6 Å². The molecule has 23 heavy (non-hydrogen) atoms. The largest absolute Gasteiger partial charge is 0.464 e. The number of benzene rings is 1. The number of carbonyl (C=O) groups excluding carboxylic acids is 1. The second kappa shape index (κ2) is 5.95. The van der Waals surface area contributed by atoms with Crippen LogP contribution in [0.1, 0.15) is 41.2 Å². The van der Waals surface area contributed by atoms with Gasteiger partial charge in [0.1, 0.15) is 17.1 Å². The zero-order chi connectivity index (χ0) is 16.6. The molecule has 1 unspecified atom stereocenters. The fourth-order valence-electron chi connectivity index (χ4n) is 2.70. The lowest BCUT2D eigenvalue weighted by molar-refractivity contribution is -0.121. The molecule has 3 rings (SSSR count). The van der Waals surface area contributed by atoms with E-state index in [1.807, 2.05) is 32.0 Å². The van der Waals surface area contributed by atoms with Crippen molar-refractivity contribution in [2.75, 3.05) is 0 Å². The second-order valence-corrected chi connectivity index (χ2v) is 6.11. The predicted molar refractivity (Wildman–Crippen MR) is 89.4 cm³/mol. The van der Waals surface area contributed by atoms with E-state index in [2.05, 4.69) is 25.2 Å². The van der Waals surface area contributed by atoms with E-state index in [9.17, 15) is 4.79 Å². The number of nitrogens with one attached hydrogen (secondary N) is 1. The van der Waals surface area contributed by atoms with E-state index in [1.165, 1.54) is 11.1 Å². The lowest BCUT2D eigenvalue weighted by atomic mass is 10.0. The minimum absolute atomic E-state index is 0.0486. The third kappa shape index (κ3) is 3.16. The molecule has 120 valence electrons. The molecule has 1 amide bonds. The van der Waals surface area contributed by atoms with Gasteiger partial charge >= 0.3 is 0 Å². The Kier molecular flexibility index (Phi) is 3.99. The molecule has 1 aromatic carbocycles. The standard InChI is InChI=1S/C19H21NO3/c1-11-7-16-15(10-22-18(16)8-12(11)2)9-19(21)20-14(4)17-6-5-13(3)23-17/h5-8,10,14H,9H2,1-4H3,(H,20,21). The van der Waals surface area contributed by atoms with Crippen molar-refractivity contribution in [1.82, 2.24) is 5.32 Å². The zero-order valence-electron chi connectivity index (χ0n) is 13.9. The van der Waals surface area contributed by atoms with Gasteiger partial charge in [0.25, 0.3) is 0 Å². The molecule has 0 saturated carbocycles. The van der Waals surface area contributed by atoms with Crippen molar-refractivity contribution >= 4 is 16.9 Å². The summed E-state index contributed by atoms with van der Waals surface area (Å²) in [7, 11) is 0. The number of carbonyl (C=O) groups is 1. The quantitative estimate of drug-likeness (QED) is 0.778. The molecule has 4 heteroatoms. The van der Waals surface area contributed by atoms with Gasteiger partial charge in [0.2, 0.25) is 5.91 Å². The van der Waals surface area contributed by atoms with Crippen LogP contribution in [0.4, 0.5) is 0 Å². The average molecular weight is 311 g/mol. The molecule has 1 atom stereocenters. The predicted octanol–water partition coefficient (Wildman–Crippen LogP) is 4.37. The van der Waals surface area contributed by atoms with Crippen LogP contribution in [0.15, 0.2) is 39.4 Å². The first-order valence-corrected chi connectivity index (χ1v) is 7.77. The van der Waals surface area contributed by atoms with Gasteiger partial charge in [0.15, 0.2) is 0 Å².